The van der Waals surface area contributed by atoms with E-state index in [2.05, 4.69) is 29.1 Å². The second-order valence-corrected chi connectivity index (χ2v) is 8.31. The number of nitrogens with zero attached hydrogens (tertiary/aromatic N) is 4. The van der Waals surface area contributed by atoms with Crippen molar-refractivity contribution >= 4 is 28.4 Å². The Bertz CT molecular complexity index is 1100. The number of anilines is 2. The highest BCUT2D eigenvalue weighted by atomic mass is 16.5. The zero-order valence-corrected chi connectivity index (χ0v) is 19.5. The van der Waals surface area contributed by atoms with Gasteiger partial charge >= 0.3 is 0 Å². The number of likely N-dealkylation sites (N-methyl/N-ethyl adjacent to an activating group) is 1. The first-order valence-electron chi connectivity index (χ1n) is 11.5. The van der Waals surface area contributed by atoms with Gasteiger partial charge in [-0.2, -0.15) is 4.98 Å². The lowest BCUT2D eigenvalue weighted by Gasteiger charge is -2.32. The van der Waals surface area contributed by atoms with Gasteiger partial charge in [0.15, 0.2) is 0 Å². The van der Waals surface area contributed by atoms with E-state index >= 15 is 0 Å². The van der Waals surface area contributed by atoms with Gasteiger partial charge in [0.05, 0.1) is 17.5 Å². The molecule has 2 aromatic carbocycles. The Balaban J connectivity index is 1.60. The second-order valence-electron chi connectivity index (χ2n) is 8.31. The Morgan fingerprint density at radius 2 is 1.76 bits per heavy atom. The number of aromatic nitrogens is 2. The molecule has 174 valence electrons. The van der Waals surface area contributed by atoms with Crippen LogP contribution < -0.4 is 19.7 Å². The number of amides is 1. The predicted octanol–water partition coefficient (Wildman–Crippen LogP) is 4.31. The minimum Gasteiger partial charge on any atom is -0.477 e. The third-order valence-corrected chi connectivity index (χ3v) is 5.55. The molecule has 0 bridgehead atoms. The molecular formula is C25H31N5O3. The first-order valence-corrected chi connectivity index (χ1v) is 11.5. The smallest absolute Gasteiger partial charge is 0.229 e. The van der Waals surface area contributed by atoms with Crippen molar-refractivity contribution in [3.63, 3.8) is 0 Å². The third-order valence-electron chi connectivity index (χ3n) is 5.55. The van der Waals surface area contributed by atoms with E-state index < -0.39 is 0 Å². The fourth-order valence-electron chi connectivity index (χ4n) is 3.65. The van der Waals surface area contributed by atoms with Gasteiger partial charge in [-0.25, -0.2) is 4.98 Å². The minimum absolute atomic E-state index is 0.107. The monoisotopic (exact) mass is 449 g/mol. The summed E-state index contributed by atoms with van der Waals surface area (Å²) in [6.45, 7) is 8.00. The van der Waals surface area contributed by atoms with Crippen LogP contribution in [0.1, 0.15) is 26.7 Å². The molecular weight excluding hydrogens is 418 g/mol. The summed E-state index contributed by atoms with van der Waals surface area (Å²) in [5.41, 5.74) is 1.56. The molecule has 1 N–H and O–H groups in total. The largest absolute Gasteiger partial charge is 0.477 e. The average Bonchev–Trinajstić information content (AvgIpc) is 2.81. The fourth-order valence-corrected chi connectivity index (χ4v) is 3.65. The number of carbonyl (C=O) groups excluding carboxylic acids is 1. The second kappa shape index (κ2) is 10.5. The number of carbonyl (C=O) groups is 1. The van der Waals surface area contributed by atoms with Gasteiger partial charge in [0.1, 0.15) is 11.5 Å². The molecule has 33 heavy (non-hydrogen) atoms. The van der Waals surface area contributed by atoms with E-state index in [1.54, 1.807) is 0 Å². The zero-order chi connectivity index (χ0) is 23.2. The lowest BCUT2D eigenvalue weighted by atomic mass is 10.2. The number of ether oxygens (including phenoxy) is 2. The summed E-state index contributed by atoms with van der Waals surface area (Å²) in [5.74, 6) is 2.54. The van der Waals surface area contributed by atoms with Gasteiger partial charge in [-0.1, -0.05) is 13.3 Å². The van der Waals surface area contributed by atoms with E-state index in [9.17, 15) is 4.79 Å². The van der Waals surface area contributed by atoms with Crippen molar-refractivity contribution in [2.24, 2.45) is 0 Å². The molecule has 1 aliphatic heterocycles. The van der Waals surface area contributed by atoms with E-state index in [0.29, 0.717) is 29.9 Å². The Morgan fingerprint density at radius 3 is 2.45 bits per heavy atom. The number of nitrogens with one attached hydrogen (secondary N) is 1. The highest BCUT2D eigenvalue weighted by Crippen LogP contribution is 2.32. The molecule has 1 aromatic heterocycles. The van der Waals surface area contributed by atoms with Crippen molar-refractivity contribution in [3.05, 3.63) is 42.5 Å². The topological polar surface area (TPSA) is 79.8 Å². The summed E-state index contributed by atoms with van der Waals surface area (Å²) in [6, 6.07) is 13.0. The molecule has 1 aliphatic rings. The maximum atomic E-state index is 11.2. The first kappa shape index (κ1) is 22.8. The number of unbranched alkanes of at least 4 members (excludes halogenated alkanes) is 1. The highest BCUT2D eigenvalue weighted by molar-refractivity contribution is 5.88. The van der Waals surface area contributed by atoms with Crippen LogP contribution in [0.3, 0.4) is 0 Å². The predicted molar refractivity (Wildman–Crippen MR) is 130 cm³/mol. The molecule has 2 heterocycles. The van der Waals surface area contributed by atoms with Gasteiger partial charge in [0.25, 0.3) is 0 Å². The van der Waals surface area contributed by atoms with Gasteiger partial charge in [-0.05, 0) is 55.9 Å². The number of hydrogen-bond acceptors (Lipinski definition) is 7. The Labute approximate surface area is 194 Å². The molecule has 4 rings (SSSR count). The number of fused-ring (bicyclic) bond motifs is 1. The highest BCUT2D eigenvalue weighted by Gasteiger charge is 2.19. The lowest BCUT2D eigenvalue weighted by molar-refractivity contribution is -0.114. The Hall–Kier alpha value is -3.39. The molecule has 0 radical (unpaired) electrons. The van der Waals surface area contributed by atoms with Crippen molar-refractivity contribution in [1.82, 2.24) is 14.9 Å². The van der Waals surface area contributed by atoms with Crippen molar-refractivity contribution in [2.75, 3.05) is 50.1 Å². The van der Waals surface area contributed by atoms with Gasteiger partial charge < -0.3 is 24.6 Å². The van der Waals surface area contributed by atoms with Crippen LogP contribution in [0.25, 0.3) is 10.9 Å². The van der Waals surface area contributed by atoms with Crippen LogP contribution in [0.2, 0.25) is 0 Å². The minimum atomic E-state index is -0.107. The summed E-state index contributed by atoms with van der Waals surface area (Å²) in [6.07, 6.45) is 2.02. The van der Waals surface area contributed by atoms with Gasteiger partial charge in [0, 0.05) is 38.8 Å². The van der Waals surface area contributed by atoms with Crippen LogP contribution in [0, 0.1) is 0 Å². The van der Waals surface area contributed by atoms with Crippen molar-refractivity contribution in [2.45, 2.75) is 26.7 Å². The van der Waals surface area contributed by atoms with Crippen LogP contribution in [0.15, 0.2) is 42.5 Å². The molecule has 0 saturated carbocycles. The molecule has 1 amide bonds. The lowest BCUT2D eigenvalue weighted by Crippen LogP contribution is -2.45. The Morgan fingerprint density at radius 1 is 1.03 bits per heavy atom. The summed E-state index contributed by atoms with van der Waals surface area (Å²) in [4.78, 5) is 25.3. The molecule has 1 fully saturated rings. The van der Waals surface area contributed by atoms with Crippen LogP contribution >= 0.6 is 0 Å². The van der Waals surface area contributed by atoms with E-state index in [-0.39, 0.29) is 5.91 Å². The maximum Gasteiger partial charge on any atom is 0.229 e. The van der Waals surface area contributed by atoms with E-state index in [0.717, 1.165) is 55.6 Å². The fraction of sp³-hybridized carbons (Fsp3) is 0.400. The first-order chi connectivity index (χ1) is 16.0. The molecule has 3 aromatic rings. The normalized spacial score (nSPS) is 14.3. The van der Waals surface area contributed by atoms with Crippen molar-refractivity contribution in [3.8, 4) is 17.4 Å². The van der Waals surface area contributed by atoms with Crippen LogP contribution in [0.5, 0.6) is 17.4 Å². The standard InChI is InChI=1S/C25H31N5O3/c1-4-5-16-32-24-22-17-21(33-20-8-6-19(7-9-20)26-18(2)31)10-11-23(22)27-25(28-24)30-14-12-29(3)13-15-30/h6-11,17H,4-5,12-16H2,1-3H3,(H,26,31). The maximum absolute atomic E-state index is 11.2. The molecule has 8 heteroatoms. The average molecular weight is 450 g/mol. The molecule has 0 unspecified atom stereocenters. The zero-order valence-electron chi connectivity index (χ0n) is 19.5. The summed E-state index contributed by atoms with van der Waals surface area (Å²) >= 11 is 0. The molecule has 0 aliphatic carbocycles. The number of benzene rings is 2. The van der Waals surface area contributed by atoms with E-state index in [1.165, 1.54) is 6.92 Å². The molecule has 0 spiro atoms. The SMILES string of the molecule is CCCCOc1nc(N2CCN(C)CC2)nc2ccc(Oc3ccc(NC(C)=O)cc3)cc12. The summed E-state index contributed by atoms with van der Waals surface area (Å²) < 4.78 is 12.1. The summed E-state index contributed by atoms with van der Waals surface area (Å²) in [7, 11) is 2.13. The van der Waals surface area contributed by atoms with Gasteiger partial charge in [-0.15, -0.1) is 0 Å². The quantitative estimate of drug-likeness (QED) is 0.513. The third kappa shape index (κ3) is 5.90. The van der Waals surface area contributed by atoms with Gasteiger partial charge in [0.2, 0.25) is 17.7 Å². The van der Waals surface area contributed by atoms with Crippen LogP contribution in [0.4, 0.5) is 11.6 Å². The van der Waals surface area contributed by atoms with E-state index in [1.807, 2.05) is 42.5 Å². The number of rotatable bonds is 8. The Kier molecular flexibility index (Phi) is 7.24. The van der Waals surface area contributed by atoms with Crippen LogP contribution in [-0.4, -0.2) is 60.6 Å². The van der Waals surface area contributed by atoms with Gasteiger partial charge in [-0.3, -0.25) is 4.79 Å². The number of piperazine rings is 1. The molecule has 1 saturated heterocycles. The van der Waals surface area contributed by atoms with Crippen molar-refractivity contribution in [1.29, 1.82) is 0 Å². The van der Waals surface area contributed by atoms with Crippen LogP contribution in [-0.2, 0) is 4.79 Å². The number of hydrogen-bond donors (Lipinski definition) is 1. The molecule has 8 nitrogen and oxygen atoms in total. The molecule has 0 atom stereocenters. The summed E-state index contributed by atoms with van der Waals surface area (Å²) in [5, 5.41) is 3.58. The van der Waals surface area contributed by atoms with Crippen molar-refractivity contribution < 1.29 is 14.3 Å². The van der Waals surface area contributed by atoms with E-state index in [4.69, 9.17) is 19.4 Å².